The zero-order chi connectivity index (χ0) is 19.9. The number of nitrogens with one attached hydrogen (secondary N) is 1. The Balaban J connectivity index is 1.55. The van der Waals surface area contributed by atoms with Crippen LogP contribution in [0.2, 0.25) is 0 Å². The summed E-state index contributed by atoms with van der Waals surface area (Å²) < 4.78 is 5.39. The highest BCUT2D eigenvalue weighted by atomic mass is 32.2. The van der Waals surface area contributed by atoms with Gasteiger partial charge in [-0.3, -0.25) is 10.1 Å². The van der Waals surface area contributed by atoms with Crippen molar-refractivity contribution in [2.75, 3.05) is 12.4 Å². The highest BCUT2D eigenvalue weighted by Gasteiger charge is 2.11. The summed E-state index contributed by atoms with van der Waals surface area (Å²) in [4.78, 5) is 23.7. The van der Waals surface area contributed by atoms with Crippen molar-refractivity contribution < 1.29 is 14.3 Å². The highest BCUT2D eigenvalue weighted by molar-refractivity contribution is 8.00. The van der Waals surface area contributed by atoms with Crippen LogP contribution in [0, 0.1) is 11.3 Å². The molecule has 1 heterocycles. The van der Waals surface area contributed by atoms with Gasteiger partial charge in [-0.15, -0.1) is 10.2 Å². The van der Waals surface area contributed by atoms with Crippen molar-refractivity contribution in [2.45, 2.75) is 10.1 Å². The summed E-state index contributed by atoms with van der Waals surface area (Å²) in [5.41, 5.74) is 2.45. The molecular formula is C19H14N4O3S2. The molecule has 0 aliphatic heterocycles. The number of esters is 1. The maximum absolute atomic E-state index is 12.2. The third-order valence-corrected chi connectivity index (χ3v) is 5.68. The molecule has 0 unspecified atom stereocenters. The van der Waals surface area contributed by atoms with Gasteiger partial charge in [0, 0.05) is 11.3 Å². The number of carbonyl (C=O) groups is 2. The van der Waals surface area contributed by atoms with Crippen LogP contribution < -0.4 is 5.32 Å². The fourth-order valence-electron chi connectivity index (χ4n) is 2.18. The molecule has 1 amide bonds. The van der Waals surface area contributed by atoms with E-state index in [1.165, 1.54) is 30.2 Å². The number of aromatic nitrogens is 2. The van der Waals surface area contributed by atoms with Gasteiger partial charge in [-0.1, -0.05) is 35.2 Å². The fraction of sp³-hybridized carbons (Fsp3) is 0.105. The first-order valence-electron chi connectivity index (χ1n) is 8.04. The number of benzene rings is 2. The molecule has 0 spiro atoms. The third kappa shape index (κ3) is 4.94. The molecular weight excluding hydrogens is 396 g/mol. The summed E-state index contributed by atoms with van der Waals surface area (Å²) >= 11 is 2.76. The standard InChI is InChI=1S/C19H14N4O3S2/c1-26-17(25)15-8-4-13(5-9-15)11-27-19-23-22-18(28-19)21-16(24)14-6-2-12(10-20)3-7-14/h2-9H,11H2,1H3,(H,21,22,24). The molecule has 2 aromatic carbocycles. The lowest BCUT2D eigenvalue weighted by atomic mass is 10.1. The molecule has 0 fully saturated rings. The molecule has 0 aliphatic carbocycles. The van der Waals surface area contributed by atoms with Gasteiger partial charge in [0.05, 0.1) is 24.3 Å². The second-order valence-corrected chi connectivity index (χ2v) is 7.69. The van der Waals surface area contributed by atoms with Gasteiger partial charge in [0.25, 0.3) is 5.91 Å². The Hall–Kier alpha value is -3.22. The molecule has 9 heteroatoms. The molecule has 28 heavy (non-hydrogen) atoms. The van der Waals surface area contributed by atoms with E-state index in [9.17, 15) is 9.59 Å². The Kier molecular flexibility index (Phi) is 6.37. The van der Waals surface area contributed by atoms with E-state index < -0.39 is 0 Å². The smallest absolute Gasteiger partial charge is 0.337 e. The van der Waals surface area contributed by atoms with Gasteiger partial charge < -0.3 is 4.74 Å². The number of rotatable bonds is 6. The Morgan fingerprint density at radius 3 is 2.43 bits per heavy atom. The molecule has 0 atom stereocenters. The fourth-order valence-corrected chi connectivity index (χ4v) is 3.89. The minimum Gasteiger partial charge on any atom is -0.465 e. The molecule has 0 saturated carbocycles. The monoisotopic (exact) mass is 410 g/mol. The van der Waals surface area contributed by atoms with Gasteiger partial charge in [0.2, 0.25) is 5.13 Å². The summed E-state index contributed by atoms with van der Waals surface area (Å²) in [7, 11) is 1.35. The molecule has 3 rings (SSSR count). The lowest BCUT2D eigenvalue weighted by molar-refractivity contribution is 0.0600. The highest BCUT2D eigenvalue weighted by Crippen LogP contribution is 2.28. The summed E-state index contributed by atoms with van der Waals surface area (Å²) in [6, 6.07) is 15.5. The van der Waals surface area contributed by atoms with Gasteiger partial charge in [0.1, 0.15) is 0 Å². The first-order chi connectivity index (χ1) is 13.6. The van der Waals surface area contributed by atoms with Crippen molar-refractivity contribution in [1.29, 1.82) is 5.26 Å². The van der Waals surface area contributed by atoms with Gasteiger partial charge in [-0.25, -0.2) is 4.79 Å². The van der Waals surface area contributed by atoms with Crippen molar-refractivity contribution >= 4 is 40.1 Å². The molecule has 7 nitrogen and oxygen atoms in total. The molecule has 0 radical (unpaired) electrons. The van der Waals surface area contributed by atoms with Crippen LogP contribution in [-0.4, -0.2) is 29.2 Å². The molecule has 0 bridgehead atoms. The maximum Gasteiger partial charge on any atom is 0.337 e. The first-order valence-corrected chi connectivity index (χ1v) is 9.84. The van der Waals surface area contributed by atoms with Crippen molar-refractivity contribution in [3.8, 4) is 6.07 Å². The number of anilines is 1. The lowest BCUT2D eigenvalue weighted by Gasteiger charge is -2.02. The summed E-state index contributed by atoms with van der Waals surface area (Å²) in [5.74, 6) is -0.0267. The average Bonchev–Trinajstić information content (AvgIpc) is 3.19. The lowest BCUT2D eigenvalue weighted by Crippen LogP contribution is -2.11. The third-order valence-electron chi connectivity index (χ3n) is 3.64. The Labute approximate surface area is 169 Å². The van der Waals surface area contributed by atoms with Crippen molar-refractivity contribution in [3.05, 3.63) is 70.8 Å². The molecule has 1 N–H and O–H groups in total. The van der Waals surface area contributed by atoms with E-state index in [4.69, 9.17) is 5.26 Å². The number of ether oxygens (including phenoxy) is 1. The predicted molar refractivity (Wildman–Crippen MR) is 106 cm³/mol. The van der Waals surface area contributed by atoms with Crippen LogP contribution in [0.25, 0.3) is 0 Å². The normalized spacial score (nSPS) is 10.1. The minimum atomic E-state index is -0.369. The zero-order valence-corrected chi connectivity index (χ0v) is 16.3. The molecule has 1 aromatic heterocycles. The average molecular weight is 410 g/mol. The van der Waals surface area contributed by atoms with Gasteiger partial charge in [-0.05, 0) is 42.0 Å². The van der Waals surface area contributed by atoms with Crippen LogP contribution in [-0.2, 0) is 10.5 Å². The molecule has 140 valence electrons. The van der Waals surface area contributed by atoms with Gasteiger partial charge >= 0.3 is 5.97 Å². The van der Waals surface area contributed by atoms with Crippen LogP contribution in [0.3, 0.4) is 0 Å². The van der Waals surface area contributed by atoms with E-state index in [1.54, 1.807) is 36.4 Å². The largest absolute Gasteiger partial charge is 0.465 e. The van der Waals surface area contributed by atoms with Crippen LogP contribution >= 0.6 is 23.1 Å². The van der Waals surface area contributed by atoms with E-state index in [-0.39, 0.29) is 11.9 Å². The number of hydrogen-bond acceptors (Lipinski definition) is 8. The van der Waals surface area contributed by atoms with Gasteiger partial charge in [0.15, 0.2) is 4.34 Å². The second kappa shape index (κ2) is 9.12. The molecule has 0 saturated heterocycles. The van der Waals surface area contributed by atoms with Crippen molar-refractivity contribution in [1.82, 2.24) is 10.2 Å². The number of amides is 1. The Morgan fingerprint density at radius 1 is 1.11 bits per heavy atom. The zero-order valence-electron chi connectivity index (χ0n) is 14.7. The van der Waals surface area contributed by atoms with Crippen LogP contribution in [0.5, 0.6) is 0 Å². The summed E-state index contributed by atoms with van der Waals surface area (Å²) in [6.45, 7) is 0. The van der Waals surface area contributed by atoms with Crippen molar-refractivity contribution in [2.24, 2.45) is 0 Å². The Bertz CT molecular complexity index is 1020. The number of carbonyl (C=O) groups excluding carboxylic acids is 2. The minimum absolute atomic E-state index is 0.310. The number of nitriles is 1. The van der Waals surface area contributed by atoms with E-state index in [0.717, 1.165) is 5.56 Å². The van der Waals surface area contributed by atoms with E-state index in [2.05, 4.69) is 20.3 Å². The topological polar surface area (TPSA) is 105 Å². The van der Waals surface area contributed by atoms with E-state index >= 15 is 0 Å². The van der Waals surface area contributed by atoms with Gasteiger partial charge in [-0.2, -0.15) is 5.26 Å². The maximum atomic E-state index is 12.2. The quantitative estimate of drug-likeness (QED) is 0.375. The number of hydrogen-bond donors (Lipinski definition) is 1. The molecule has 0 aliphatic rings. The summed E-state index contributed by atoms with van der Waals surface area (Å²) in [5, 5.41) is 19.9. The van der Waals surface area contributed by atoms with Crippen LogP contribution in [0.15, 0.2) is 52.9 Å². The van der Waals surface area contributed by atoms with Crippen LogP contribution in [0.4, 0.5) is 5.13 Å². The van der Waals surface area contributed by atoms with Crippen LogP contribution in [0.1, 0.15) is 31.8 Å². The SMILES string of the molecule is COC(=O)c1ccc(CSc2nnc(NC(=O)c3ccc(C#N)cc3)s2)cc1. The number of thioether (sulfide) groups is 1. The first kappa shape index (κ1) is 19.5. The number of nitrogens with zero attached hydrogens (tertiary/aromatic N) is 3. The van der Waals surface area contributed by atoms with E-state index in [1.807, 2.05) is 18.2 Å². The Morgan fingerprint density at radius 2 is 1.79 bits per heavy atom. The molecule has 3 aromatic rings. The van der Waals surface area contributed by atoms with Crippen molar-refractivity contribution in [3.63, 3.8) is 0 Å². The number of methoxy groups -OCH3 is 1. The van der Waals surface area contributed by atoms with E-state index in [0.29, 0.717) is 31.9 Å². The summed E-state index contributed by atoms with van der Waals surface area (Å²) in [6.07, 6.45) is 0. The second-order valence-electron chi connectivity index (χ2n) is 5.49. The predicted octanol–water partition coefficient (Wildman–Crippen LogP) is 3.74.